The Balaban J connectivity index is 1.31. The highest BCUT2D eigenvalue weighted by molar-refractivity contribution is 6.30. The number of benzene rings is 3. The van der Waals surface area contributed by atoms with Crippen LogP contribution in [0.5, 0.6) is 5.75 Å². The Labute approximate surface area is 239 Å². The lowest BCUT2D eigenvalue weighted by molar-refractivity contribution is -0.144. The fourth-order valence-electron chi connectivity index (χ4n) is 7.18. The van der Waals surface area contributed by atoms with E-state index in [0.717, 1.165) is 43.2 Å². The average Bonchev–Trinajstić information content (AvgIpc) is 3.34. The first-order chi connectivity index (χ1) is 19.4. The molecule has 1 atom stereocenters. The summed E-state index contributed by atoms with van der Waals surface area (Å²) in [6, 6.07) is 22.6. The number of aromatic amines is 1. The summed E-state index contributed by atoms with van der Waals surface area (Å²) in [5, 5.41) is 1.88. The number of ether oxygens (including phenoxy) is 1. The molecule has 1 spiro atoms. The molecule has 0 bridgehead atoms. The van der Waals surface area contributed by atoms with Crippen LogP contribution in [0.3, 0.4) is 0 Å². The van der Waals surface area contributed by atoms with Crippen molar-refractivity contribution < 1.29 is 13.9 Å². The largest absolute Gasteiger partial charge is 0.484 e. The SMILES string of the molecule is CN(C)C(c1cccc(F)c1)C1CCC2(CC1)c1[nH]c3ccccc3c1CCN2C(=O)COc1ccc(Cl)cc1. The molecule has 1 unspecified atom stereocenters. The summed E-state index contributed by atoms with van der Waals surface area (Å²) in [7, 11) is 4.14. The van der Waals surface area contributed by atoms with Gasteiger partial charge in [0.25, 0.3) is 5.91 Å². The van der Waals surface area contributed by atoms with Gasteiger partial charge in [-0.3, -0.25) is 4.79 Å². The maximum Gasteiger partial charge on any atom is 0.261 e. The molecule has 5 nitrogen and oxygen atoms in total. The van der Waals surface area contributed by atoms with Crippen LogP contribution in [0, 0.1) is 11.7 Å². The molecule has 0 radical (unpaired) electrons. The van der Waals surface area contributed by atoms with Gasteiger partial charge in [-0.25, -0.2) is 4.39 Å². The van der Waals surface area contributed by atoms with E-state index >= 15 is 0 Å². The zero-order chi connectivity index (χ0) is 27.9. The van der Waals surface area contributed by atoms with Gasteiger partial charge in [0.15, 0.2) is 6.61 Å². The summed E-state index contributed by atoms with van der Waals surface area (Å²) in [5.41, 5.74) is 4.19. The number of halogens is 2. The van der Waals surface area contributed by atoms with Gasteiger partial charge in [-0.2, -0.15) is 0 Å². The number of fused-ring (bicyclic) bond motifs is 4. The summed E-state index contributed by atoms with van der Waals surface area (Å²) >= 11 is 6.02. The Kier molecular flexibility index (Phi) is 7.32. The molecule has 7 heteroatoms. The van der Waals surface area contributed by atoms with E-state index in [1.807, 2.05) is 6.07 Å². The van der Waals surface area contributed by atoms with Crippen LogP contribution in [0.4, 0.5) is 4.39 Å². The van der Waals surface area contributed by atoms with Crippen LogP contribution < -0.4 is 4.74 Å². The summed E-state index contributed by atoms with van der Waals surface area (Å²) in [6.07, 6.45) is 4.33. The van der Waals surface area contributed by atoms with Crippen LogP contribution in [-0.4, -0.2) is 47.9 Å². The molecule has 1 N–H and O–H groups in total. The summed E-state index contributed by atoms with van der Waals surface area (Å²) in [4.78, 5) is 21.8. The third kappa shape index (κ3) is 4.88. The second-order valence-corrected chi connectivity index (χ2v) is 11.8. The van der Waals surface area contributed by atoms with Crippen LogP contribution in [-0.2, 0) is 16.8 Å². The molecule has 6 rings (SSSR count). The fourth-order valence-corrected chi connectivity index (χ4v) is 7.31. The molecule has 1 aliphatic carbocycles. The highest BCUT2D eigenvalue weighted by Gasteiger charge is 2.49. The zero-order valence-electron chi connectivity index (χ0n) is 23.0. The third-order valence-electron chi connectivity index (χ3n) is 8.91. The van der Waals surface area contributed by atoms with Crippen molar-refractivity contribution in [2.24, 2.45) is 5.92 Å². The average molecular weight is 560 g/mol. The van der Waals surface area contributed by atoms with Gasteiger partial charge < -0.3 is 19.5 Å². The number of rotatable bonds is 6. The quantitative estimate of drug-likeness (QED) is 0.274. The number of hydrogen-bond acceptors (Lipinski definition) is 3. The number of amides is 1. The Bertz CT molecular complexity index is 1510. The van der Waals surface area contributed by atoms with Crippen molar-refractivity contribution in [3.05, 3.63) is 100 Å². The van der Waals surface area contributed by atoms with Gasteiger partial charge >= 0.3 is 0 Å². The summed E-state index contributed by atoms with van der Waals surface area (Å²) in [5.74, 6) is 0.762. The molecule has 1 aliphatic heterocycles. The predicted octanol–water partition coefficient (Wildman–Crippen LogP) is 7.11. The van der Waals surface area contributed by atoms with Crippen molar-refractivity contribution in [2.75, 3.05) is 27.2 Å². The number of H-pyrrole nitrogens is 1. The molecule has 2 aliphatic rings. The standard InChI is InChI=1S/C33H35ClFN3O2/c1-37(2)31(23-6-5-7-25(35)20-23)22-14-17-33(18-15-22)32-28(27-8-3-4-9-29(27)36-32)16-19-38(33)30(39)21-40-26-12-10-24(34)11-13-26/h3-13,20,22,31,36H,14-19,21H2,1-2H3. The summed E-state index contributed by atoms with van der Waals surface area (Å²) < 4.78 is 20.1. The second kappa shape index (κ2) is 10.9. The first-order valence-corrected chi connectivity index (χ1v) is 14.4. The smallest absolute Gasteiger partial charge is 0.261 e. The molecule has 1 amide bonds. The lowest BCUT2D eigenvalue weighted by Crippen LogP contribution is -2.56. The van der Waals surface area contributed by atoms with Crippen LogP contribution in [0.25, 0.3) is 10.9 Å². The van der Waals surface area contributed by atoms with Crippen molar-refractivity contribution in [3.63, 3.8) is 0 Å². The molecular formula is C33H35ClFN3O2. The minimum atomic E-state index is -0.428. The van der Waals surface area contributed by atoms with E-state index in [0.29, 0.717) is 23.2 Å². The topological polar surface area (TPSA) is 48.6 Å². The molecule has 4 aromatic rings. The van der Waals surface area contributed by atoms with Crippen molar-refractivity contribution in [1.82, 2.24) is 14.8 Å². The first kappa shape index (κ1) is 26.9. The number of aromatic nitrogens is 1. The van der Waals surface area contributed by atoms with Gasteiger partial charge in [-0.15, -0.1) is 0 Å². The van der Waals surface area contributed by atoms with Crippen LogP contribution in [0.1, 0.15) is 48.5 Å². The molecular weight excluding hydrogens is 525 g/mol. The highest BCUT2D eigenvalue weighted by Crippen LogP contribution is 2.51. The lowest BCUT2D eigenvalue weighted by Gasteiger charge is -2.51. The maximum atomic E-state index is 14.2. The van der Waals surface area contributed by atoms with Gasteiger partial charge in [-0.1, -0.05) is 41.9 Å². The Morgan fingerprint density at radius 1 is 1.10 bits per heavy atom. The molecule has 1 saturated carbocycles. The van der Waals surface area contributed by atoms with Gasteiger partial charge in [0.05, 0.1) is 5.54 Å². The van der Waals surface area contributed by atoms with E-state index in [2.05, 4.69) is 53.1 Å². The van der Waals surface area contributed by atoms with E-state index in [1.165, 1.54) is 22.7 Å². The number of carbonyl (C=O) groups excluding carboxylic acids is 1. The van der Waals surface area contributed by atoms with Crippen LogP contribution >= 0.6 is 11.6 Å². The zero-order valence-corrected chi connectivity index (χ0v) is 23.8. The molecule has 40 heavy (non-hydrogen) atoms. The minimum Gasteiger partial charge on any atom is -0.484 e. The number of para-hydroxylation sites is 1. The van der Waals surface area contributed by atoms with Crippen molar-refractivity contribution >= 4 is 28.4 Å². The molecule has 0 saturated heterocycles. The van der Waals surface area contributed by atoms with Gasteiger partial charge in [0.1, 0.15) is 11.6 Å². The van der Waals surface area contributed by atoms with E-state index < -0.39 is 5.54 Å². The highest BCUT2D eigenvalue weighted by atomic mass is 35.5. The van der Waals surface area contributed by atoms with Gasteiger partial charge in [0.2, 0.25) is 0 Å². The number of nitrogens with zero attached hydrogens (tertiary/aromatic N) is 2. The van der Waals surface area contributed by atoms with Gasteiger partial charge in [-0.05, 0) is 106 Å². The van der Waals surface area contributed by atoms with Crippen LogP contribution in [0.2, 0.25) is 5.02 Å². The second-order valence-electron chi connectivity index (χ2n) is 11.4. The monoisotopic (exact) mass is 559 g/mol. The van der Waals surface area contributed by atoms with E-state index in [1.54, 1.807) is 36.4 Å². The Morgan fingerprint density at radius 2 is 1.85 bits per heavy atom. The molecule has 1 aromatic heterocycles. The normalized spacial score (nSPS) is 21.5. The molecule has 1 fully saturated rings. The van der Waals surface area contributed by atoms with Gasteiger partial charge in [0, 0.05) is 34.2 Å². The lowest BCUT2D eigenvalue weighted by atomic mass is 9.68. The number of hydrogen-bond donors (Lipinski definition) is 1. The minimum absolute atomic E-state index is 0.00741. The molecule has 2 heterocycles. The van der Waals surface area contributed by atoms with Crippen molar-refractivity contribution in [1.29, 1.82) is 0 Å². The van der Waals surface area contributed by atoms with Crippen LogP contribution in [0.15, 0.2) is 72.8 Å². The fraction of sp³-hybridized carbons (Fsp3) is 0.364. The molecule has 208 valence electrons. The number of nitrogens with one attached hydrogen (secondary N) is 1. The van der Waals surface area contributed by atoms with E-state index in [9.17, 15) is 9.18 Å². The maximum absolute atomic E-state index is 14.2. The Hall–Kier alpha value is -3.35. The predicted molar refractivity (Wildman–Crippen MR) is 157 cm³/mol. The van der Waals surface area contributed by atoms with E-state index in [-0.39, 0.29) is 24.4 Å². The third-order valence-corrected chi connectivity index (χ3v) is 9.16. The van der Waals surface area contributed by atoms with Crippen molar-refractivity contribution in [3.8, 4) is 5.75 Å². The Morgan fingerprint density at radius 3 is 2.58 bits per heavy atom. The summed E-state index contributed by atoms with van der Waals surface area (Å²) in [6.45, 7) is 0.634. The van der Waals surface area contributed by atoms with E-state index in [4.69, 9.17) is 16.3 Å². The number of carbonyl (C=O) groups is 1. The van der Waals surface area contributed by atoms with Crippen molar-refractivity contribution in [2.45, 2.75) is 43.7 Å². The molecule has 3 aromatic carbocycles. The first-order valence-electron chi connectivity index (χ1n) is 14.1.